The lowest BCUT2D eigenvalue weighted by molar-refractivity contribution is -0.166. The number of esters is 1. The van der Waals surface area contributed by atoms with E-state index >= 15 is 0 Å². The van der Waals surface area contributed by atoms with Gasteiger partial charge in [0.25, 0.3) is 23.6 Å². The summed E-state index contributed by atoms with van der Waals surface area (Å²) in [5.41, 5.74) is -4.87. The molecule has 16 N–H and O–H groups in total. The van der Waals surface area contributed by atoms with Gasteiger partial charge in [0.1, 0.15) is 47.5 Å². The molecule has 9 rings (SSSR count). The lowest BCUT2D eigenvalue weighted by Gasteiger charge is -2.38. The van der Waals surface area contributed by atoms with Crippen LogP contribution >= 0.6 is 0 Å². The Bertz CT molecular complexity index is 5020. The summed E-state index contributed by atoms with van der Waals surface area (Å²) in [7, 11) is 1.28. The number of phenols is 3. The highest BCUT2D eigenvalue weighted by Gasteiger charge is 2.47. The molecule has 3 fully saturated rings. The molecule has 3 heterocycles. The molecule has 0 spiro atoms. The number of aliphatic hydroxyl groups excluding tert-OH is 3. The molecule has 6 aromatic rings. The van der Waals surface area contributed by atoms with Crippen molar-refractivity contribution < 1.29 is 159 Å². The second kappa shape index (κ2) is 44.0. The zero-order chi connectivity index (χ0) is 97.9. The van der Waals surface area contributed by atoms with Crippen LogP contribution in [0.5, 0.6) is 17.2 Å². The summed E-state index contributed by atoms with van der Waals surface area (Å²) < 4.78 is 218. The van der Waals surface area contributed by atoms with Crippen molar-refractivity contribution in [1.82, 2.24) is 58.1 Å². The number of aliphatic hydroxyl groups is 3. The largest absolute Gasteiger partial charge is 0.507 e. The molecule has 3 unspecified atom stereocenters. The average Bonchev–Trinajstić information content (AvgIpc) is 0.791. The van der Waals surface area contributed by atoms with Gasteiger partial charge in [-0.2, -0.15) is 0 Å². The molecule has 11 amide bonds. The van der Waals surface area contributed by atoms with Crippen LogP contribution in [0.25, 0.3) is 0 Å². The van der Waals surface area contributed by atoms with Crippen molar-refractivity contribution in [2.24, 2.45) is 35.5 Å². The van der Waals surface area contributed by atoms with Crippen LogP contribution in [-0.2, 0) is 67.2 Å². The molecule has 0 radical (unpaired) electrons. The fourth-order valence-electron chi connectivity index (χ4n) is 14.2. The van der Waals surface area contributed by atoms with E-state index in [-0.39, 0.29) is 16.7 Å². The predicted octanol–water partition coefficient (Wildman–Crippen LogP) is 5.48. The molecule has 0 aromatic heterocycles. The van der Waals surface area contributed by atoms with Crippen molar-refractivity contribution in [3.63, 3.8) is 0 Å². The Kier molecular flexibility index (Phi) is 35.3. The molecule has 708 valence electrons. The predicted molar refractivity (Wildman–Crippen MR) is 425 cm³/mol. The number of phenolic OH excluding ortho intramolecular Hbond substituents is 3. The first-order valence-electron chi connectivity index (χ1n) is 40.0. The van der Waals surface area contributed by atoms with E-state index in [1.54, 1.807) is 27.7 Å². The summed E-state index contributed by atoms with van der Waals surface area (Å²) in [6, 6.07) is -0.781. The van der Waals surface area contributed by atoms with E-state index in [0.717, 1.165) is 11.8 Å². The third-order valence-electron chi connectivity index (χ3n) is 21.9. The minimum atomic E-state index is -2.42. The first-order valence-corrected chi connectivity index (χ1v) is 40.0. The van der Waals surface area contributed by atoms with Gasteiger partial charge in [0, 0.05) is 43.0 Å². The molecule has 3 saturated heterocycles. The highest BCUT2D eigenvalue weighted by Crippen LogP contribution is 2.33. The highest BCUT2D eigenvalue weighted by molar-refractivity contribution is 6.02. The minimum Gasteiger partial charge on any atom is -0.507 e. The molecular formula is C85H94F15N11O19. The summed E-state index contributed by atoms with van der Waals surface area (Å²) in [6.07, 6.45) is -11.0. The second-order valence-electron chi connectivity index (χ2n) is 32.2. The molecule has 18 atom stereocenters. The third kappa shape index (κ3) is 23.6. The number of likely N-dealkylation sites (N-methyl/N-ethyl adjacent to an activating group) is 1. The van der Waals surface area contributed by atoms with Gasteiger partial charge < -0.3 is 93.4 Å². The number of carbonyl (C=O) groups excluding carboxylic acids is 12. The minimum absolute atomic E-state index is 0.248. The molecular weight excluding hydrogens is 1760 g/mol. The van der Waals surface area contributed by atoms with Crippen LogP contribution in [-0.4, -0.2) is 204 Å². The lowest BCUT2D eigenvalue weighted by atomic mass is 9.89. The molecule has 6 aromatic carbocycles. The number of benzene rings is 6. The molecule has 3 aliphatic rings. The number of nitrogens with one attached hydrogen (secondary N) is 10. The fourth-order valence-corrected chi connectivity index (χ4v) is 14.2. The topological polar surface area (TPSA) is 459 Å². The maximum absolute atomic E-state index is 14.7. The van der Waals surface area contributed by atoms with Crippen molar-refractivity contribution in [2.75, 3.05) is 7.05 Å². The summed E-state index contributed by atoms with van der Waals surface area (Å²) in [5, 5.41) is 87.3. The van der Waals surface area contributed by atoms with E-state index in [9.17, 15) is 154 Å². The zero-order valence-electron chi connectivity index (χ0n) is 71.3. The number of hydrogen-bond acceptors (Lipinski definition) is 19. The van der Waals surface area contributed by atoms with Gasteiger partial charge in [-0.1, -0.05) is 91.8 Å². The van der Waals surface area contributed by atoms with Gasteiger partial charge in [0.2, 0.25) is 58.8 Å². The van der Waals surface area contributed by atoms with E-state index < -0.39 is 338 Å². The summed E-state index contributed by atoms with van der Waals surface area (Å²) in [4.78, 5) is 159. The van der Waals surface area contributed by atoms with E-state index in [1.807, 2.05) is 0 Å². The number of rotatable bonds is 15. The Morgan fingerprint density at radius 3 is 0.923 bits per heavy atom. The van der Waals surface area contributed by atoms with Gasteiger partial charge >= 0.3 is 5.97 Å². The number of nitrogens with zero attached hydrogens (tertiary/aromatic N) is 1. The number of amides is 11. The first kappa shape index (κ1) is 104. The van der Waals surface area contributed by atoms with Gasteiger partial charge in [0.05, 0.1) is 89.0 Å². The maximum Gasteiger partial charge on any atom is 0.312 e. The van der Waals surface area contributed by atoms with E-state index in [0.29, 0.717) is 0 Å². The van der Waals surface area contributed by atoms with Crippen molar-refractivity contribution >= 4 is 70.9 Å². The quantitative estimate of drug-likeness (QED) is 0.0262. The molecule has 45 heteroatoms. The Labute approximate surface area is 731 Å². The molecule has 130 heavy (non-hydrogen) atoms. The Morgan fingerprint density at radius 1 is 0.354 bits per heavy atom. The smallest absolute Gasteiger partial charge is 0.312 e. The fraction of sp³-hybridized carbons (Fsp3) is 0.435. The monoisotopic (exact) mass is 1860 g/mol. The van der Waals surface area contributed by atoms with Gasteiger partial charge in [-0.25, -0.2) is 65.9 Å². The van der Waals surface area contributed by atoms with Gasteiger partial charge in [-0.15, -0.1) is 0 Å². The number of ether oxygens (including phenoxy) is 1. The maximum atomic E-state index is 14.7. The van der Waals surface area contributed by atoms with Gasteiger partial charge in [-0.3, -0.25) is 57.5 Å². The third-order valence-corrected chi connectivity index (χ3v) is 21.9. The summed E-state index contributed by atoms with van der Waals surface area (Å²) >= 11 is 0. The van der Waals surface area contributed by atoms with Gasteiger partial charge in [-0.05, 0) is 81.8 Å². The Morgan fingerprint density at radius 2 is 0.631 bits per heavy atom. The Balaban J connectivity index is 0.000000267. The van der Waals surface area contributed by atoms with Crippen LogP contribution in [0.1, 0.15) is 131 Å². The number of hydrogen-bond donors (Lipinski definition) is 16. The summed E-state index contributed by atoms with van der Waals surface area (Å²) in [6.45, 7) is 16.9. The van der Waals surface area contributed by atoms with E-state index in [4.69, 9.17) is 4.74 Å². The van der Waals surface area contributed by atoms with Crippen molar-refractivity contribution in [3.8, 4) is 17.2 Å². The zero-order valence-corrected chi connectivity index (χ0v) is 71.3. The van der Waals surface area contributed by atoms with Crippen LogP contribution < -0.4 is 53.2 Å². The standard InChI is InChI=1S/C29H33F5N4O6.C28H31F5N4O6.C28H30F5N3O7/c1-11(2)24-28(43)35-13(4)23(37-26(41)14-8-6-7-9-17(14)39)27(42)36-16(25(40)12(3)29(44)38(24)5)10-15-18(30)20(32)22(34)21(33)19(15)31;1-10(2)22-27(42)34-12(4)23(37-26(41)13-7-5-6-8-16(13)38)28(43)35-15(24(39)11(3)25(40)36-22)9-14-17(29)19(31)21(33)20(32)18(14)30;1-10(2)24-27(41)34-12(4)22(36-25(39)13-7-5-6-8-16(13)37)26(40)35-15(23(38)11(3)28(42)43-24)9-14-17(29)19(31)21(33)20(32)18(14)30/h6-9,11-13,16,23-25,39-40H,10H2,1-5H3,(H,35,43)(H,36,42)(H,37,41);5-8,10-12,15,22-24,38-39H,9H2,1-4H3,(H,34,42)(H,35,43)(H,36,40)(H,37,41);5-8,10-12,15,22-24,37-38H,9H2,1-4H3,(H,34,41)(H,35,40)(H,36,39)/t12-,13-,16+,23+,24?,25+;11-,12-,15+,22?,23+,24+;11-,12-,15+,22+,23+,24?/m111/s1. The van der Waals surface area contributed by atoms with Crippen LogP contribution in [0.2, 0.25) is 0 Å². The van der Waals surface area contributed by atoms with Gasteiger partial charge in [0.15, 0.2) is 75.9 Å². The number of aromatic hydroxyl groups is 3. The van der Waals surface area contributed by atoms with Crippen LogP contribution in [0.3, 0.4) is 0 Å². The number of cyclic esters (lactones) is 1. The highest BCUT2D eigenvalue weighted by atomic mass is 19.2. The SMILES string of the molecule is CC(C)C1C(=O)N[C@H](C)[C@H](NC(=O)c2ccccc2O)C(=O)N[C@@H](Cc2c(F)c(F)c(F)c(F)c2F)[C@@H](O)[C@@H](C)C(=O)N1C.CC(C)C1NC(=O)[C@H](C)[C@H](O)[C@H](Cc2c(F)c(F)c(F)c(F)c2F)NC(=O)[C@@H](NC(=O)c2ccccc2O)[C@@H](C)NC1=O.CC(C)C1OC(=O)[C@H](C)[C@H](O)[C@H](Cc2c(F)c(F)c(F)c(F)c2F)NC(=O)[C@@H](NC(=O)c2ccccc2O)[C@@H](C)NC1=O. The normalized spacial score (nSPS) is 25.2. The molecule has 0 bridgehead atoms. The van der Waals surface area contributed by atoms with Crippen LogP contribution in [0.4, 0.5) is 65.9 Å². The van der Waals surface area contributed by atoms with E-state index in [2.05, 4.69) is 53.2 Å². The molecule has 0 saturated carbocycles. The Hall–Kier alpha value is -12.8. The summed E-state index contributed by atoms with van der Waals surface area (Å²) in [5.74, 6) is -53.1. The molecule has 0 aliphatic carbocycles. The number of carbonyl (C=O) groups is 12. The van der Waals surface area contributed by atoms with Crippen LogP contribution in [0.15, 0.2) is 72.8 Å². The first-order chi connectivity index (χ1) is 60.6. The average molecular weight is 1860 g/mol. The van der Waals surface area contributed by atoms with Crippen molar-refractivity contribution in [1.29, 1.82) is 0 Å². The number of para-hydroxylation sites is 3. The number of halogens is 15. The second-order valence-corrected chi connectivity index (χ2v) is 32.2. The van der Waals surface area contributed by atoms with Crippen LogP contribution in [0, 0.1) is 123 Å². The molecule has 3 aliphatic heterocycles. The molecule has 30 nitrogen and oxygen atoms in total. The van der Waals surface area contributed by atoms with Crippen molar-refractivity contribution in [2.45, 2.75) is 193 Å². The van der Waals surface area contributed by atoms with E-state index in [1.165, 1.54) is 128 Å². The van der Waals surface area contributed by atoms with Crippen molar-refractivity contribution in [3.05, 3.63) is 193 Å². The lowest BCUT2D eigenvalue weighted by Crippen LogP contribution is -2.64.